The van der Waals surface area contributed by atoms with E-state index in [9.17, 15) is 4.79 Å². The van der Waals surface area contributed by atoms with Gasteiger partial charge in [-0.3, -0.25) is 14.5 Å². The zero-order valence-corrected chi connectivity index (χ0v) is 20.4. The molecule has 0 saturated heterocycles. The SMILES string of the molecule is Cc1cc(-c2ncco2)ncc1-c1cc2cc(NC(=O)[C@H]3[C@@H](C)[C@@H]3c3cnn(C)c3)ncc2c(N)c1F. The van der Waals surface area contributed by atoms with Crippen molar-refractivity contribution in [1.82, 2.24) is 24.7 Å². The molecule has 1 fully saturated rings. The van der Waals surface area contributed by atoms with Crippen LogP contribution in [-0.2, 0) is 11.8 Å². The van der Waals surface area contributed by atoms with Crippen LogP contribution in [0.5, 0.6) is 0 Å². The summed E-state index contributed by atoms with van der Waals surface area (Å²) in [4.78, 5) is 25.8. The van der Waals surface area contributed by atoms with Gasteiger partial charge in [-0.15, -0.1) is 0 Å². The minimum absolute atomic E-state index is 0.0125. The number of benzene rings is 1. The molecule has 1 aliphatic rings. The predicted molar refractivity (Wildman–Crippen MR) is 137 cm³/mol. The summed E-state index contributed by atoms with van der Waals surface area (Å²) in [6, 6.07) is 5.20. The Kier molecular flexibility index (Phi) is 5.25. The fourth-order valence-electron chi connectivity index (χ4n) is 5.06. The van der Waals surface area contributed by atoms with Crippen molar-refractivity contribution in [2.24, 2.45) is 18.9 Å². The second kappa shape index (κ2) is 8.51. The van der Waals surface area contributed by atoms with Crippen LogP contribution in [0.3, 0.4) is 0 Å². The molecule has 10 heteroatoms. The van der Waals surface area contributed by atoms with E-state index in [1.807, 2.05) is 20.2 Å². The average molecular weight is 498 g/mol. The Labute approximate surface area is 211 Å². The molecule has 6 rings (SSSR count). The van der Waals surface area contributed by atoms with Gasteiger partial charge in [-0.1, -0.05) is 6.92 Å². The second-order valence-electron chi connectivity index (χ2n) is 9.51. The van der Waals surface area contributed by atoms with Gasteiger partial charge in [-0.2, -0.15) is 5.10 Å². The number of rotatable bonds is 5. The molecular weight excluding hydrogens is 473 g/mol. The van der Waals surface area contributed by atoms with Crippen LogP contribution in [0.15, 0.2) is 59.9 Å². The number of fused-ring (bicyclic) bond motifs is 1. The lowest BCUT2D eigenvalue weighted by molar-refractivity contribution is -0.117. The molecule has 0 aliphatic heterocycles. The van der Waals surface area contributed by atoms with Crippen molar-refractivity contribution in [1.29, 1.82) is 0 Å². The number of carbonyl (C=O) groups is 1. The van der Waals surface area contributed by atoms with Crippen molar-refractivity contribution in [3.05, 3.63) is 72.4 Å². The Balaban J connectivity index is 1.30. The third-order valence-corrected chi connectivity index (χ3v) is 7.09. The number of aromatic nitrogens is 5. The Morgan fingerprint density at radius 3 is 2.68 bits per heavy atom. The number of hydrogen-bond donors (Lipinski definition) is 2. The van der Waals surface area contributed by atoms with Crippen LogP contribution in [0.25, 0.3) is 33.5 Å². The van der Waals surface area contributed by atoms with Crippen molar-refractivity contribution in [2.45, 2.75) is 19.8 Å². The van der Waals surface area contributed by atoms with E-state index >= 15 is 4.39 Å². The van der Waals surface area contributed by atoms with Gasteiger partial charge in [0.05, 0.1) is 18.1 Å². The normalized spacial score (nSPS) is 18.8. The monoisotopic (exact) mass is 497 g/mol. The number of nitrogen functional groups attached to an aromatic ring is 1. The van der Waals surface area contributed by atoms with Crippen molar-refractivity contribution in [2.75, 3.05) is 11.1 Å². The molecule has 1 aromatic carbocycles. The second-order valence-corrected chi connectivity index (χ2v) is 9.51. The van der Waals surface area contributed by atoms with Crippen LogP contribution in [0.4, 0.5) is 15.9 Å². The number of halogens is 1. The van der Waals surface area contributed by atoms with Gasteiger partial charge >= 0.3 is 0 Å². The van der Waals surface area contributed by atoms with Gasteiger partial charge < -0.3 is 15.5 Å². The van der Waals surface area contributed by atoms with Crippen molar-refractivity contribution in [3.63, 3.8) is 0 Å². The van der Waals surface area contributed by atoms with E-state index < -0.39 is 5.82 Å². The Bertz CT molecular complexity index is 1660. The molecule has 9 nitrogen and oxygen atoms in total. The molecular formula is C27H24FN7O2. The lowest BCUT2D eigenvalue weighted by Crippen LogP contribution is -2.16. The van der Waals surface area contributed by atoms with Crippen LogP contribution >= 0.6 is 0 Å². The number of aryl methyl sites for hydroxylation is 2. The third-order valence-electron chi connectivity index (χ3n) is 7.09. The summed E-state index contributed by atoms with van der Waals surface area (Å²) in [6.07, 6.45) is 9.81. The predicted octanol–water partition coefficient (Wildman–Crippen LogP) is 4.70. The summed E-state index contributed by atoms with van der Waals surface area (Å²) >= 11 is 0. The number of nitrogens with two attached hydrogens (primary N) is 1. The van der Waals surface area contributed by atoms with Gasteiger partial charge in [0, 0.05) is 54.0 Å². The lowest BCUT2D eigenvalue weighted by atomic mass is 9.97. The zero-order valence-electron chi connectivity index (χ0n) is 20.4. The lowest BCUT2D eigenvalue weighted by Gasteiger charge is -2.13. The topological polar surface area (TPSA) is 125 Å². The van der Waals surface area contributed by atoms with E-state index in [1.54, 1.807) is 35.3 Å². The Hall–Kier alpha value is -4.60. The quantitative estimate of drug-likeness (QED) is 0.337. The third kappa shape index (κ3) is 3.90. The smallest absolute Gasteiger partial charge is 0.244 e. The number of anilines is 2. The first kappa shape index (κ1) is 22.8. The zero-order chi connectivity index (χ0) is 25.8. The summed E-state index contributed by atoms with van der Waals surface area (Å²) < 4.78 is 22.4. The van der Waals surface area contributed by atoms with E-state index in [0.29, 0.717) is 39.3 Å². The van der Waals surface area contributed by atoms with E-state index in [0.717, 1.165) is 11.1 Å². The molecule has 1 saturated carbocycles. The first-order valence-electron chi connectivity index (χ1n) is 11.9. The first-order chi connectivity index (χ1) is 17.8. The summed E-state index contributed by atoms with van der Waals surface area (Å²) in [5.74, 6) is 0.280. The van der Waals surface area contributed by atoms with Crippen LogP contribution in [-0.4, -0.2) is 30.6 Å². The number of pyridine rings is 2. The molecule has 4 heterocycles. The van der Waals surface area contributed by atoms with E-state index in [-0.39, 0.29) is 29.3 Å². The van der Waals surface area contributed by atoms with Crippen molar-refractivity contribution in [3.8, 4) is 22.7 Å². The highest BCUT2D eigenvalue weighted by Crippen LogP contribution is 2.54. The molecule has 5 aromatic rings. The summed E-state index contributed by atoms with van der Waals surface area (Å²) in [6.45, 7) is 3.91. The highest BCUT2D eigenvalue weighted by Gasteiger charge is 2.52. The molecule has 1 amide bonds. The fraction of sp³-hybridized carbons (Fsp3) is 0.222. The largest absolute Gasteiger partial charge is 0.443 e. The molecule has 0 unspecified atom stereocenters. The van der Waals surface area contributed by atoms with Gasteiger partial charge in [0.2, 0.25) is 11.8 Å². The maximum absolute atomic E-state index is 15.4. The first-order valence-corrected chi connectivity index (χ1v) is 11.9. The molecule has 1 aliphatic carbocycles. The molecule has 0 radical (unpaired) electrons. The minimum Gasteiger partial charge on any atom is -0.443 e. The maximum Gasteiger partial charge on any atom is 0.244 e. The van der Waals surface area contributed by atoms with Gasteiger partial charge in [0.1, 0.15) is 17.8 Å². The van der Waals surface area contributed by atoms with E-state index in [2.05, 4.69) is 32.3 Å². The maximum atomic E-state index is 15.4. The number of hydrogen-bond acceptors (Lipinski definition) is 7. The standard InChI is InChI=1S/C27H24FN7O2/c1-13-6-20(27-30-4-5-37-27)31-10-18(13)17-7-15-8-21(32-11-19(15)25(29)24(17)28)34-26(36)23-14(2)22(23)16-9-33-35(3)12-16/h4-12,14,22-23H,29H2,1-3H3,(H,32,34,36)/t14-,22+,23-/m0/s1. The molecule has 186 valence electrons. The number of carbonyl (C=O) groups excluding carboxylic acids is 1. The van der Waals surface area contributed by atoms with Crippen molar-refractivity contribution >= 4 is 28.2 Å². The molecule has 0 spiro atoms. The Morgan fingerprint density at radius 1 is 1.14 bits per heavy atom. The van der Waals surface area contributed by atoms with Crippen LogP contribution < -0.4 is 11.1 Å². The van der Waals surface area contributed by atoms with Crippen LogP contribution in [0.1, 0.15) is 24.0 Å². The summed E-state index contributed by atoms with van der Waals surface area (Å²) in [5, 5.41) is 8.26. The average Bonchev–Trinajstić information content (AvgIpc) is 3.23. The van der Waals surface area contributed by atoms with Crippen molar-refractivity contribution < 1.29 is 13.6 Å². The fourth-order valence-corrected chi connectivity index (χ4v) is 5.06. The highest BCUT2D eigenvalue weighted by molar-refractivity contribution is 6.01. The van der Waals surface area contributed by atoms with Crippen LogP contribution in [0.2, 0.25) is 0 Å². The van der Waals surface area contributed by atoms with Gasteiger partial charge in [0.15, 0.2) is 5.82 Å². The van der Waals surface area contributed by atoms with Gasteiger partial charge in [-0.05, 0) is 47.6 Å². The molecule has 37 heavy (non-hydrogen) atoms. The summed E-state index contributed by atoms with van der Waals surface area (Å²) in [5.41, 5.74) is 9.44. The number of nitrogens with one attached hydrogen (secondary N) is 1. The van der Waals surface area contributed by atoms with Gasteiger partial charge in [-0.25, -0.2) is 14.4 Å². The highest BCUT2D eigenvalue weighted by atomic mass is 19.1. The molecule has 3 N–H and O–H groups in total. The number of oxazole rings is 1. The van der Waals surface area contributed by atoms with E-state index in [4.69, 9.17) is 10.2 Å². The number of nitrogens with zero attached hydrogens (tertiary/aromatic N) is 5. The molecule has 4 aromatic heterocycles. The van der Waals surface area contributed by atoms with E-state index in [1.165, 1.54) is 18.7 Å². The van der Waals surface area contributed by atoms with Crippen LogP contribution in [0, 0.1) is 24.6 Å². The Morgan fingerprint density at radius 2 is 1.97 bits per heavy atom. The van der Waals surface area contributed by atoms with Gasteiger partial charge in [0.25, 0.3) is 0 Å². The minimum atomic E-state index is -0.550. The number of amides is 1. The molecule has 0 bridgehead atoms. The summed E-state index contributed by atoms with van der Waals surface area (Å²) in [7, 11) is 1.86. The molecule has 3 atom stereocenters.